The molecule has 0 amide bonds. The highest BCUT2D eigenvalue weighted by atomic mass is 15.4. The van der Waals surface area contributed by atoms with Crippen molar-refractivity contribution in [2.75, 3.05) is 5.43 Å². The third-order valence-electron chi connectivity index (χ3n) is 3.13. The molecule has 18 heavy (non-hydrogen) atoms. The zero-order chi connectivity index (χ0) is 13.3. The summed E-state index contributed by atoms with van der Waals surface area (Å²) in [6.45, 7) is 10.7. The van der Waals surface area contributed by atoms with Crippen molar-refractivity contribution in [1.82, 2.24) is 9.66 Å². The van der Waals surface area contributed by atoms with Crippen molar-refractivity contribution in [2.45, 2.75) is 40.0 Å². The molecule has 0 bridgehead atoms. The van der Waals surface area contributed by atoms with E-state index < -0.39 is 0 Å². The van der Waals surface area contributed by atoms with Crippen LogP contribution in [0.25, 0.3) is 0 Å². The Balaban J connectivity index is 2.21. The minimum atomic E-state index is 0.144. The molecule has 0 saturated heterocycles. The minimum absolute atomic E-state index is 0.144. The summed E-state index contributed by atoms with van der Waals surface area (Å²) in [6, 6.07) is 8.33. The molecular weight excluding hydrogens is 222 g/mol. The summed E-state index contributed by atoms with van der Waals surface area (Å²) in [4.78, 5) is 4.47. The van der Waals surface area contributed by atoms with E-state index in [4.69, 9.17) is 0 Å². The zero-order valence-electron chi connectivity index (χ0n) is 11.8. The molecule has 0 aromatic carbocycles. The number of pyridine rings is 1. The van der Waals surface area contributed by atoms with Gasteiger partial charge in [-0.3, -0.25) is 10.1 Å². The van der Waals surface area contributed by atoms with Crippen LogP contribution in [0.1, 0.15) is 37.7 Å². The highest BCUT2D eigenvalue weighted by molar-refractivity contribution is 5.38. The van der Waals surface area contributed by atoms with E-state index in [2.05, 4.69) is 63.2 Å². The van der Waals surface area contributed by atoms with Crippen molar-refractivity contribution in [3.63, 3.8) is 0 Å². The number of anilines is 1. The first-order chi connectivity index (χ1) is 8.38. The molecule has 3 nitrogen and oxygen atoms in total. The van der Waals surface area contributed by atoms with Crippen LogP contribution in [0.5, 0.6) is 0 Å². The molecule has 0 aliphatic heterocycles. The van der Waals surface area contributed by atoms with Gasteiger partial charge in [-0.25, -0.2) is 4.98 Å². The summed E-state index contributed by atoms with van der Waals surface area (Å²) in [6.07, 6.45) is 1.94. The van der Waals surface area contributed by atoms with Crippen LogP contribution in [0.2, 0.25) is 0 Å². The van der Waals surface area contributed by atoms with Crippen molar-refractivity contribution in [2.24, 2.45) is 0 Å². The average Bonchev–Trinajstić information content (AvgIpc) is 2.60. The summed E-state index contributed by atoms with van der Waals surface area (Å²) >= 11 is 0. The number of rotatable bonds is 2. The second-order valence-electron chi connectivity index (χ2n) is 5.75. The van der Waals surface area contributed by atoms with E-state index in [1.165, 1.54) is 17.0 Å². The van der Waals surface area contributed by atoms with E-state index in [-0.39, 0.29) is 5.41 Å². The zero-order valence-corrected chi connectivity index (χ0v) is 11.8. The summed E-state index contributed by atoms with van der Waals surface area (Å²) in [7, 11) is 0. The maximum atomic E-state index is 4.47. The molecule has 2 aromatic heterocycles. The predicted molar refractivity (Wildman–Crippen MR) is 75.9 cm³/mol. The van der Waals surface area contributed by atoms with Gasteiger partial charge >= 0.3 is 0 Å². The van der Waals surface area contributed by atoms with Crippen LogP contribution >= 0.6 is 0 Å². The van der Waals surface area contributed by atoms with Crippen LogP contribution in [0.4, 0.5) is 5.82 Å². The van der Waals surface area contributed by atoms with Gasteiger partial charge in [0, 0.05) is 17.6 Å². The van der Waals surface area contributed by atoms with Crippen molar-refractivity contribution >= 4 is 5.82 Å². The average molecular weight is 243 g/mol. The van der Waals surface area contributed by atoms with Gasteiger partial charge in [-0.15, -0.1) is 0 Å². The molecule has 0 radical (unpaired) electrons. The monoisotopic (exact) mass is 243 g/mol. The van der Waals surface area contributed by atoms with Crippen LogP contribution in [0.3, 0.4) is 0 Å². The lowest BCUT2D eigenvalue weighted by Crippen LogP contribution is -2.15. The molecule has 0 atom stereocenters. The van der Waals surface area contributed by atoms with Gasteiger partial charge in [0.05, 0.1) is 0 Å². The molecule has 2 heterocycles. The highest BCUT2D eigenvalue weighted by Gasteiger charge is 2.13. The summed E-state index contributed by atoms with van der Waals surface area (Å²) in [5.74, 6) is 0.866. The Morgan fingerprint density at radius 2 is 1.61 bits per heavy atom. The molecule has 1 N–H and O–H groups in total. The fourth-order valence-electron chi connectivity index (χ4n) is 1.86. The van der Waals surface area contributed by atoms with Crippen molar-refractivity contribution in [3.8, 4) is 0 Å². The normalized spacial score (nSPS) is 11.6. The minimum Gasteiger partial charge on any atom is -0.278 e. The Hall–Kier alpha value is -1.77. The molecule has 2 rings (SSSR count). The van der Waals surface area contributed by atoms with Gasteiger partial charge in [0.1, 0.15) is 5.82 Å². The number of aromatic nitrogens is 2. The van der Waals surface area contributed by atoms with Gasteiger partial charge in [-0.05, 0) is 43.0 Å². The fraction of sp³-hybridized carbons (Fsp3) is 0.400. The lowest BCUT2D eigenvalue weighted by atomic mass is 9.88. The molecule has 0 aliphatic carbocycles. The van der Waals surface area contributed by atoms with Gasteiger partial charge in [-0.2, -0.15) is 0 Å². The summed E-state index contributed by atoms with van der Waals surface area (Å²) < 4.78 is 2.04. The Bertz CT molecular complexity index is 510. The molecule has 0 unspecified atom stereocenters. The summed E-state index contributed by atoms with van der Waals surface area (Å²) in [5.41, 5.74) is 7.04. The topological polar surface area (TPSA) is 29.9 Å². The second-order valence-corrected chi connectivity index (χ2v) is 5.75. The molecule has 0 spiro atoms. The van der Waals surface area contributed by atoms with E-state index in [0.29, 0.717) is 0 Å². The van der Waals surface area contributed by atoms with E-state index in [1.807, 2.05) is 16.9 Å². The molecule has 3 heteroatoms. The van der Waals surface area contributed by atoms with Crippen LogP contribution in [-0.2, 0) is 5.41 Å². The lowest BCUT2D eigenvalue weighted by molar-refractivity contribution is 0.587. The van der Waals surface area contributed by atoms with E-state index in [0.717, 1.165) is 5.82 Å². The Morgan fingerprint density at radius 3 is 2.06 bits per heavy atom. The van der Waals surface area contributed by atoms with Crippen molar-refractivity contribution < 1.29 is 0 Å². The molecule has 0 saturated carbocycles. The first-order valence-electron chi connectivity index (χ1n) is 6.26. The number of nitrogens with zero attached hydrogens (tertiary/aromatic N) is 2. The second kappa shape index (κ2) is 4.48. The molecule has 0 aliphatic rings. The van der Waals surface area contributed by atoms with Crippen LogP contribution in [-0.4, -0.2) is 9.66 Å². The quantitative estimate of drug-likeness (QED) is 0.872. The first-order valence-corrected chi connectivity index (χ1v) is 6.26. The third-order valence-corrected chi connectivity index (χ3v) is 3.13. The SMILES string of the molecule is Cc1ccc(C)n1Nc1ccc(C(C)(C)C)cn1. The smallest absolute Gasteiger partial charge is 0.144 e. The van der Waals surface area contributed by atoms with E-state index in [1.54, 1.807) is 0 Å². The Morgan fingerprint density at radius 1 is 1.00 bits per heavy atom. The number of hydrogen-bond donors (Lipinski definition) is 1. The maximum absolute atomic E-state index is 4.47. The molecular formula is C15H21N3. The highest BCUT2D eigenvalue weighted by Crippen LogP contribution is 2.22. The van der Waals surface area contributed by atoms with Gasteiger partial charge in [-0.1, -0.05) is 26.8 Å². The van der Waals surface area contributed by atoms with Crippen LogP contribution in [0, 0.1) is 13.8 Å². The lowest BCUT2D eigenvalue weighted by Gasteiger charge is -2.19. The van der Waals surface area contributed by atoms with Gasteiger partial charge in [0.2, 0.25) is 0 Å². The van der Waals surface area contributed by atoms with Crippen LogP contribution in [0.15, 0.2) is 30.5 Å². The molecule has 0 fully saturated rings. The fourth-order valence-corrected chi connectivity index (χ4v) is 1.86. The van der Waals surface area contributed by atoms with E-state index in [9.17, 15) is 0 Å². The van der Waals surface area contributed by atoms with Crippen LogP contribution < -0.4 is 5.43 Å². The predicted octanol–water partition coefficient (Wildman–Crippen LogP) is 3.67. The molecule has 2 aromatic rings. The van der Waals surface area contributed by atoms with Crippen molar-refractivity contribution in [1.29, 1.82) is 0 Å². The number of nitrogens with one attached hydrogen (secondary N) is 1. The van der Waals surface area contributed by atoms with Gasteiger partial charge in [0.15, 0.2) is 0 Å². The summed E-state index contributed by atoms with van der Waals surface area (Å²) in [5, 5.41) is 0. The van der Waals surface area contributed by atoms with Gasteiger partial charge in [0.25, 0.3) is 0 Å². The third kappa shape index (κ3) is 2.55. The maximum Gasteiger partial charge on any atom is 0.144 e. The molecule has 96 valence electrons. The van der Waals surface area contributed by atoms with Crippen molar-refractivity contribution in [3.05, 3.63) is 47.4 Å². The number of hydrogen-bond acceptors (Lipinski definition) is 2. The van der Waals surface area contributed by atoms with Gasteiger partial charge < -0.3 is 0 Å². The largest absolute Gasteiger partial charge is 0.278 e. The first kappa shape index (κ1) is 12.7. The Labute approximate surface area is 109 Å². The number of aryl methyl sites for hydroxylation is 2. The van der Waals surface area contributed by atoms with E-state index >= 15 is 0 Å². The Kier molecular flexibility index (Phi) is 3.16. The standard InChI is InChI=1S/C15H21N3/c1-11-6-7-12(2)18(11)17-14-9-8-13(10-16-14)15(3,4)5/h6-10H,1-5H3,(H,16,17).